The fraction of sp³-hybridized carbons (Fsp3) is 0.179. The Morgan fingerprint density at radius 1 is 0.882 bits per heavy atom. The highest BCUT2D eigenvalue weighted by Gasteiger charge is 2.29. The highest BCUT2D eigenvalue weighted by atomic mass is 16.6. The lowest BCUT2D eigenvalue weighted by Crippen LogP contribution is -2.43. The van der Waals surface area contributed by atoms with Crippen molar-refractivity contribution in [1.82, 2.24) is 14.5 Å². The number of amides is 1. The van der Waals surface area contributed by atoms with Gasteiger partial charge in [0.1, 0.15) is 11.6 Å². The summed E-state index contributed by atoms with van der Waals surface area (Å²) in [5.74, 6) is 1.13. The lowest BCUT2D eigenvalue weighted by Gasteiger charge is -2.30. The van der Waals surface area contributed by atoms with Gasteiger partial charge in [0.25, 0.3) is 5.56 Å². The van der Waals surface area contributed by atoms with Gasteiger partial charge in [-0.25, -0.2) is 9.78 Å². The van der Waals surface area contributed by atoms with Crippen molar-refractivity contribution >= 4 is 6.09 Å². The van der Waals surface area contributed by atoms with Crippen LogP contribution in [-0.2, 0) is 13.0 Å². The summed E-state index contributed by atoms with van der Waals surface area (Å²) >= 11 is 0. The Labute approximate surface area is 198 Å². The first-order chi connectivity index (χ1) is 16.6. The summed E-state index contributed by atoms with van der Waals surface area (Å²) < 4.78 is 7.25. The molecule has 6 nitrogen and oxygen atoms in total. The first-order valence-electron chi connectivity index (χ1n) is 11.3. The molecule has 0 saturated carbocycles. The van der Waals surface area contributed by atoms with Gasteiger partial charge in [-0.2, -0.15) is 0 Å². The van der Waals surface area contributed by atoms with E-state index in [-0.39, 0.29) is 18.1 Å². The van der Waals surface area contributed by atoms with Crippen LogP contribution in [0.25, 0.3) is 0 Å². The molecule has 2 heterocycles. The number of rotatable bonds is 4. The van der Waals surface area contributed by atoms with E-state index in [0.29, 0.717) is 30.1 Å². The maximum atomic E-state index is 13.9. The Bertz CT molecular complexity index is 1310. The second kappa shape index (κ2) is 9.35. The number of benzene rings is 3. The predicted molar refractivity (Wildman–Crippen MR) is 130 cm³/mol. The third-order valence-corrected chi connectivity index (χ3v) is 6.13. The largest absolute Gasteiger partial charge is 0.415 e. The molecule has 34 heavy (non-hydrogen) atoms. The summed E-state index contributed by atoms with van der Waals surface area (Å²) in [6.45, 7) is 2.50. The lowest BCUT2D eigenvalue weighted by molar-refractivity contribution is 0.146. The van der Waals surface area contributed by atoms with Crippen LogP contribution >= 0.6 is 0 Å². The van der Waals surface area contributed by atoms with E-state index in [1.54, 1.807) is 21.6 Å². The molecule has 3 aromatic carbocycles. The summed E-state index contributed by atoms with van der Waals surface area (Å²) in [6, 6.07) is 28.5. The Balaban J connectivity index is 1.54. The highest BCUT2D eigenvalue weighted by molar-refractivity contribution is 5.71. The van der Waals surface area contributed by atoms with Crippen LogP contribution in [0.15, 0.2) is 95.8 Å². The van der Waals surface area contributed by atoms with Crippen LogP contribution in [-0.4, -0.2) is 27.1 Å². The highest BCUT2D eigenvalue weighted by Crippen LogP contribution is 2.27. The van der Waals surface area contributed by atoms with Crippen molar-refractivity contribution in [3.8, 4) is 5.75 Å². The van der Waals surface area contributed by atoms with Crippen molar-refractivity contribution in [2.75, 3.05) is 6.54 Å². The number of nitrogens with zero attached hydrogens (tertiary/aromatic N) is 3. The van der Waals surface area contributed by atoms with Gasteiger partial charge < -0.3 is 9.64 Å². The lowest BCUT2D eigenvalue weighted by atomic mass is 9.97. The molecular formula is C28H25N3O3. The van der Waals surface area contributed by atoms with E-state index < -0.39 is 6.09 Å². The molecule has 1 aliphatic rings. The van der Waals surface area contributed by atoms with Crippen molar-refractivity contribution < 1.29 is 9.53 Å². The van der Waals surface area contributed by atoms with Crippen LogP contribution in [0.5, 0.6) is 5.75 Å². The van der Waals surface area contributed by atoms with Crippen molar-refractivity contribution in [2.45, 2.75) is 25.9 Å². The zero-order valence-corrected chi connectivity index (χ0v) is 18.9. The molecule has 1 aromatic heterocycles. The summed E-state index contributed by atoms with van der Waals surface area (Å²) in [5, 5.41) is 0. The van der Waals surface area contributed by atoms with E-state index in [1.807, 2.05) is 85.8 Å². The van der Waals surface area contributed by atoms with Gasteiger partial charge in [0.2, 0.25) is 0 Å². The molecule has 170 valence electrons. The molecule has 6 heteroatoms. The molecular weight excluding hydrogens is 426 g/mol. The second-order valence-electron chi connectivity index (χ2n) is 8.34. The second-order valence-corrected chi connectivity index (χ2v) is 8.34. The number of carbonyl (C=O) groups is 1. The minimum atomic E-state index is -0.467. The van der Waals surface area contributed by atoms with Gasteiger partial charge in [0.15, 0.2) is 0 Å². The zero-order valence-electron chi connectivity index (χ0n) is 18.9. The Morgan fingerprint density at radius 2 is 1.44 bits per heavy atom. The van der Waals surface area contributed by atoms with Gasteiger partial charge in [-0.1, -0.05) is 78.9 Å². The molecule has 0 aliphatic carbocycles. The van der Waals surface area contributed by atoms with E-state index in [0.717, 1.165) is 16.8 Å². The number of hydrogen-bond acceptors (Lipinski definition) is 4. The Hall–Kier alpha value is -4.19. The fourth-order valence-corrected chi connectivity index (χ4v) is 4.48. The summed E-state index contributed by atoms with van der Waals surface area (Å²) in [5.41, 5.74) is 3.16. The molecule has 0 spiro atoms. The normalized spacial score (nSPS) is 12.9. The maximum Gasteiger partial charge on any atom is 0.415 e. The Kier molecular flexibility index (Phi) is 5.95. The molecule has 5 rings (SSSR count). The standard InChI is InChI=1S/C28H25N3O3/c1-20-29-25-17-18-30(28(33)34-23-15-9-4-10-16-23)19-24(25)27(32)31(20)26(21-11-5-2-6-12-21)22-13-7-3-8-14-22/h2-16,26H,17-19H2,1H3. The number of aryl methyl sites for hydroxylation is 1. The summed E-state index contributed by atoms with van der Waals surface area (Å²) in [7, 11) is 0. The van der Waals surface area contributed by atoms with Crippen LogP contribution in [0.2, 0.25) is 0 Å². The average molecular weight is 452 g/mol. The third-order valence-electron chi connectivity index (χ3n) is 6.13. The summed E-state index contributed by atoms with van der Waals surface area (Å²) in [6.07, 6.45) is 0.0448. The maximum absolute atomic E-state index is 13.9. The van der Waals surface area contributed by atoms with Gasteiger partial charge in [-0.3, -0.25) is 9.36 Å². The molecule has 1 amide bonds. The van der Waals surface area contributed by atoms with Crippen molar-refractivity contribution in [2.24, 2.45) is 0 Å². The van der Waals surface area contributed by atoms with Crippen molar-refractivity contribution in [1.29, 1.82) is 0 Å². The van der Waals surface area contributed by atoms with Gasteiger partial charge in [-0.15, -0.1) is 0 Å². The van der Waals surface area contributed by atoms with Crippen LogP contribution in [0.4, 0.5) is 4.79 Å². The number of ether oxygens (including phenoxy) is 1. The zero-order chi connectivity index (χ0) is 23.5. The van der Waals surface area contributed by atoms with Crippen molar-refractivity contribution in [3.63, 3.8) is 0 Å². The van der Waals surface area contributed by atoms with Gasteiger partial charge in [-0.05, 0) is 30.2 Å². The average Bonchev–Trinajstić information content (AvgIpc) is 2.88. The Morgan fingerprint density at radius 3 is 2.03 bits per heavy atom. The molecule has 0 unspecified atom stereocenters. The first-order valence-corrected chi connectivity index (χ1v) is 11.3. The van der Waals surface area contributed by atoms with E-state index in [9.17, 15) is 9.59 Å². The number of hydrogen-bond donors (Lipinski definition) is 0. The topological polar surface area (TPSA) is 64.4 Å². The van der Waals surface area contributed by atoms with Crippen LogP contribution in [0, 0.1) is 6.92 Å². The molecule has 0 saturated heterocycles. The predicted octanol–water partition coefficient (Wildman–Crippen LogP) is 4.75. The molecule has 4 aromatic rings. The monoisotopic (exact) mass is 451 g/mol. The van der Waals surface area contributed by atoms with E-state index in [4.69, 9.17) is 9.72 Å². The molecule has 0 radical (unpaired) electrons. The number of aromatic nitrogens is 2. The van der Waals surface area contributed by atoms with Gasteiger partial charge in [0.05, 0.1) is 23.8 Å². The minimum Gasteiger partial charge on any atom is -0.410 e. The minimum absolute atomic E-state index is 0.127. The van der Waals surface area contributed by atoms with Crippen molar-refractivity contribution in [3.05, 3.63) is 130 Å². The molecule has 0 bridgehead atoms. The summed E-state index contributed by atoms with van der Waals surface area (Å²) in [4.78, 5) is 33.1. The van der Waals surface area contributed by atoms with E-state index >= 15 is 0 Å². The molecule has 0 N–H and O–H groups in total. The fourth-order valence-electron chi connectivity index (χ4n) is 4.48. The molecule has 1 aliphatic heterocycles. The van der Waals surface area contributed by atoms with E-state index in [2.05, 4.69) is 0 Å². The van der Waals surface area contributed by atoms with Gasteiger partial charge >= 0.3 is 6.09 Å². The first kappa shape index (κ1) is 21.6. The van der Waals surface area contributed by atoms with Crippen LogP contribution in [0.1, 0.15) is 34.3 Å². The number of fused-ring (bicyclic) bond motifs is 1. The SMILES string of the molecule is Cc1nc2c(c(=O)n1C(c1ccccc1)c1ccccc1)CN(C(=O)Oc1ccccc1)CC2. The quantitative estimate of drug-likeness (QED) is 0.449. The number of para-hydroxylation sites is 1. The van der Waals surface area contributed by atoms with Crippen LogP contribution in [0.3, 0.4) is 0 Å². The smallest absolute Gasteiger partial charge is 0.410 e. The molecule has 0 fully saturated rings. The number of carbonyl (C=O) groups excluding carboxylic acids is 1. The van der Waals surface area contributed by atoms with Crippen LogP contribution < -0.4 is 10.3 Å². The van der Waals surface area contributed by atoms with E-state index in [1.165, 1.54) is 0 Å². The van der Waals surface area contributed by atoms with Gasteiger partial charge in [0, 0.05) is 13.0 Å². The third kappa shape index (κ3) is 4.22. The molecule has 0 atom stereocenters.